The minimum atomic E-state index is -0.0471. The molecule has 3 aromatic heterocycles. The Balaban J connectivity index is 1.49. The Morgan fingerprint density at radius 2 is 1.93 bits per heavy atom. The van der Waals surface area contributed by atoms with E-state index in [0.717, 1.165) is 33.4 Å². The summed E-state index contributed by atoms with van der Waals surface area (Å²) in [7, 11) is 1.99. The molecule has 0 aliphatic heterocycles. The van der Waals surface area contributed by atoms with Crippen LogP contribution in [0.1, 0.15) is 11.3 Å². The van der Waals surface area contributed by atoms with Gasteiger partial charge >= 0.3 is 0 Å². The third kappa shape index (κ3) is 3.55. The Labute approximate surface area is 156 Å². The number of nitrogens with one attached hydrogen (secondary N) is 1. The van der Waals surface area contributed by atoms with Gasteiger partial charge in [0.2, 0.25) is 5.91 Å². The molecule has 0 aliphatic rings. The lowest BCUT2D eigenvalue weighted by Gasteiger charge is -2.08. The molecule has 3 heterocycles. The maximum Gasteiger partial charge on any atom is 0.224 e. The van der Waals surface area contributed by atoms with Gasteiger partial charge < -0.3 is 9.88 Å². The Kier molecular flexibility index (Phi) is 4.61. The van der Waals surface area contributed by atoms with E-state index in [1.165, 1.54) is 0 Å². The first-order valence-electron chi connectivity index (χ1n) is 8.72. The van der Waals surface area contributed by atoms with Crippen LogP contribution in [-0.4, -0.2) is 25.4 Å². The molecule has 4 rings (SSSR count). The number of fused-ring (bicyclic) bond motifs is 1. The van der Waals surface area contributed by atoms with Crippen LogP contribution < -0.4 is 5.32 Å². The van der Waals surface area contributed by atoms with Crippen molar-refractivity contribution in [1.82, 2.24) is 24.8 Å². The van der Waals surface area contributed by atoms with Gasteiger partial charge in [0.25, 0.3) is 0 Å². The number of nitrogens with zero attached hydrogens (tertiary/aromatic N) is 4. The normalized spacial score (nSPS) is 10.9. The summed E-state index contributed by atoms with van der Waals surface area (Å²) in [6, 6.07) is 11.9. The first kappa shape index (κ1) is 16.9. The van der Waals surface area contributed by atoms with E-state index in [4.69, 9.17) is 0 Å². The average Bonchev–Trinajstić information content (AvgIpc) is 3.03. The molecule has 0 unspecified atom stereocenters. The summed E-state index contributed by atoms with van der Waals surface area (Å²) < 4.78 is 2.04. The SMILES string of the molecule is Cn1cc(CC(=O)NCc2nccnc2-c2cccnc2)c2ccccc21. The van der Waals surface area contributed by atoms with Crippen molar-refractivity contribution >= 4 is 16.8 Å². The second-order valence-electron chi connectivity index (χ2n) is 6.33. The molecule has 1 amide bonds. The van der Waals surface area contributed by atoms with E-state index in [-0.39, 0.29) is 5.91 Å². The zero-order chi connectivity index (χ0) is 18.6. The van der Waals surface area contributed by atoms with Crippen LogP contribution in [0.5, 0.6) is 0 Å². The molecule has 6 heteroatoms. The number of benzene rings is 1. The molecule has 0 aliphatic carbocycles. The first-order chi connectivity index (χ1) is 13.2. The van der Waals surface area contributed by atoms with Crippen LogP contribution in [0.4, 0.5) is 0 Å². The lowest BCUT2D eigenvalue weighted by Crippen LogP contribution is -2.25. The van der Waals surface area contributed by atoms with Crippen molar-refractivity contribution in [2.45, 2.75) is 13.0 Å². The van der Waals surface area contributed by atoms with Gasteiger partial charge in [0.15, 0.2) is 0 Å². The number of hydrogen-bond acceptors (Lipinski definition) is 4. The van der Waals surface area contributed by atoms with Gasteiger partial charge in [-0.3, -0.25) is 19.7 Å². The van der Waals surface area contributed by atoms with Crippen molar-refractivity contribution < 1.29 is 4.79 Å². The second kappa shape index (κ2) is 7.37. The van der Waals surface area contributed by atoms with Crippen molar-refractivity contribution in [3.8, 4) is 11.3 Å². The topological polar surface area (TPSA) is 72.7 Å². The van der Waals surface area contributed by atoms with E-state index in [9.17, 15) is 4.79 Å². The van der Waals surface area contributed by atoms with Gasteiger partial charge in [0.05, 0.1) is 24.4 Å². The molecule has 1 N–H and O–H groups in total. The summed E-state index contributed by atoms with van der Waals surface area (Å²) in [6.45, 7) is 0.321. The van der Waals surface area contributed by atoms with Gasteiger partial charge in [-0.2, -0.15) is 0 Å². The maximum absolute atomic E-state index is 12.5. The number of carbonyl (C=O) groups excluding carboxylic acids is 1. The standard InChI is InChI=1S/C21H19N5O/c1-26-14-16(17-6-2-3-7-19(17)26)11-20(27)25-13-18-21(24-10-9-23-18)15-5-4-8-22-12-15/h2-10,12,14H,11,13H2,1H3,(H,25,27). The summed E-state index contributed by atoms with van der Waals surface area (Å²) in [6.07, 6.45) is 9.06. The van der Waals surface area contributed by atoms with Crippen LogP contribution in [-0.2, 0) is 24.8 Å². The Morgan fingerprint density at radius 1 is 1.07 bits per heavy atom. The third-order valence-corrected chi connectivity index (χ3v) is 4.49. The van der Waals surface area contributed by atoms with Gasteiger partial charge in [0, 0.05) is 54.5 Å². The third-order valence-electron chi connectivity index (χ3n) is 4.49. The summed E-state index contributed by atoms with van der Waals surface area (Å²) in [5.74, 6) is -0.0471. The fourth-order valence-electron chi connectivity index (χ4n) is 3.22. The minimum absolute atomic E-state index is 0.0471. The van der Waals surface area contributed by atoms with E-state index >= 15 is 0 Å². The van der Waals surface area contributed by atoms with Crippen molar-refractivity contribution in [2.75, 3.05) is 0 Å². The van der Waals surface area contributed by atoms with Gasteiger partial charge in [-0.05, 0) is 23.8 Å². The molecule has 6 nitrogen and oxygen atoms in total. The van der Waals surface area contributed by atoms with Crippen LogP contribution >= 0.6 is 0 Å². The summed E-state index contributed by atoms with van der Waals surface area (Å²) >= 11 is 0. The molecule has 134 valence electrons. The highest BCUT2D eigenvalue weighted by atomic mass is 16.1. The number of hydrogen-bond donors (Lipinski definition) is 1. The number of pyridine rings is 1. The number of aromatic nitrogens is 4. The summed E-state index contributed by atoms with van der Waals surface area (Å²) in [5.41, 5.74) is 4.46. The van der Waals surface area contributed by atoms with Crippen LogP contribution in [0, 0.1) is 0 Å². The lowest BCUT2D eigenvalue weighted by molar-refractivity contribution is -0.120. The van der Waals surface area contributed by atoms with Gasteiger partial charge in [-0.25, -0.2) is 0 Å². The fourth-order valence-corrected chi connectivity index (χ4v) is 3.22. The molecule has 0 bridgehead atoms. The van der Waals surface area contributed by atoms with E-state index < -0.39 is 0 Å². The number of amides is 1. The molecule has 4 aromatic rings. The summed E-state index contributed by atoms with van der Waals surface area (Å²) in [4.78, 5) is 25.4. The molecule has 0 saturated carbocycles. The average molecular weight is 357 g/mol. The van der Waals surface area contributed by atoms with E-state index in [0.29, 0.717) is 13.0 Å². The maximum atomic E-state index is 12.5. The van der Waals surface area contributed by atoms with Crippen molar-refractivity contribution in [2.24, 2.45) is 7.05 Å². The van der Waals surface area contributed by atoms with Gasteiger partial charge in [-0.1, -0.05) is 18.2 Å². The number of carbonyl (C=O) groups is 1. The van der Waals surface area contributed by atoms with Crippen molar-refractivity contribution in [1.29, 1.82) is 0 Å². The number of para-hydroxylation sites is 1. The fraction of sp³-hybridized carbons (Fsp3) is 0.143. The minimum Gasteiger partial charge on any atom is -0.350 e. The van der Waals surface area contributed by atoms with Crippen LogP contribution in [0.3, 0.4) is 0 Å². The second-order valence-corrected chi connectivity index (χ2v) is 6.33. The van der Waals surface area contributed by atoms with E-state index in [2.05, 4.69) is 26.3 Å². The quantitative estimate of drug-likeness (QED) is 0.596. The zero-order valence-corrected chi connectivity index (χ0v) is 15.0. The zero-order valence-electron chi connectivity index (χ0n) is 15.0. The largest absolute Gasteiger partial charge is 0.350 e. The van der Waals surface area contributed by atoms with Crippen LogP contribution in [0.15, 0.2) is 67.4 Å². The smallest absolute Gasteiger partial charge is 0.224 e. The predicted octanol–water partition coefficient (Wildman–Crippen LogP) is 2.89. The summed E-state index contributed by atoms with van der Waals surface area (Å²) in [5, 5.41) is 4.06. The highest BCUT2D eigenvalue weighted by Gasteiger charge is 2.12. The monoisotopic (exact) mass is 357 g/mol. The molecular weight excluding hydrogens is 338 g/mol. The molecule has 0 spiro atoms. The highest BCUT2D eigenvalue weighted by Crippen LogP contribution is 2.21. The Morgan fingerprint density at radius 3 is 2.78 bits per heavy atom. The van der Waals surface area contributed by atoms with Crippen molar-refractivity contribution in [3.05, 3.63) is 78.6 Å². The molecule has 1 aromatic carbocycles. The first-order valence-corrected chi connectivity index (χ1v) is 8.72. The number of rotatable bonds is 5. The predicted molar refractivity (Wildman–Crippen MR) is 104 cm³/mol. The molecule has 0 fully saturated rings. The lowest BCUT2D eigenvalue weighted by atomic mass is 10.1. The number of aryl methyl sites for hydroxylation is 1. The van der Waals surface area contributed by atoms with Crippen LogP contribution in [0.2, 0.25) is 0 Å². The van der Waals surface area contributed by atoms with Crippen LogP contribution in [0.25, 0.3) is 22.2 Å². The van der Waals surface area contributed by atoms with Crippen molar-refractivity contribution in [3.63, 3.8) is 0 Å². The Bertz CT molecular complexity index is 1090. The Hall–Kier alpha value is -3.54. The molecule has 0 radical (unpaired) electrons. The van der Waals surface area contributed by atoms with E-state index in [1.807, 2.05) is 48.1 Å². The molecular formula is C21H19N5O. The highest BCUT2D eigenvalue weighted by molar-refractivity contribution is 5.89. The van der Waals surface area contributed by atoms with Gasteiger partial charge in [0.1, 0.15) is 0 Å². The van der Waals surface area contributed by atoms with Gasteiger partial charge in [-0.15, -0.1) is 0 Å². The molecule has 0 saturated heterocycles. The molecule has 27 heavy (non-hydrogen) atoms. The molecule has 0 atom stereocenters. The van der Waals surface area contributed by atoms with E-state index in [1.54, 1.807) is 24.8 Å².